The van der Waals surface area contributed by atoms with Crippen LogP contribution in [-0.4, -0.2) is 27.9 Å². The topological polar surface area (TPSA) is 58.6 Å². The fourth-order valence-corrected chi connectivity index (χ4v) is 1.29. The van der Waals surface area contributed by atoms with Crippen molar-refractivity contribution in [2.75, 3.05) is 0 Å². The molecule has 0 radical (unpaired) electrons. The number of nitrogens with one attached hydrogen (secondary N) is 1. The quantitative estimate of drug-likeness (QED) is 0.733. The van der Waals surface area contributed by atoms with E-state index in [2.05, 4.69) is 17.5 Å². The largest absolute Gasteiger partial charge is 0.500 e. The van der Waals surface area contributed by atoms with Gasteiger partial charge in [-0.25, -0.2) is 4.79 Å². The lowest BCUT2D eigenvalue weighted by Gasteiger charge is -2.22. The molecular weight excluding hydrogens is 226 g/mol. The number of carbonyl (C=O) groups is 1. The van der Waals surface area contributed by atoms with Crippen LogP contribution in [0, 0.1) is 0 Å². The Morgan fingerprint density at radius 3 is 2.44 bits per heavy atom. The van der Waals surface area contributed by atoms with Crippen LogP contribution in [0.1, 0.15) is 47.0 Å². The van der Waals surface area contributed by atoms with Crippen molar-refractivity contribution in [1.82, 2.24) is 5.32 Å². The van der Waals surface area contributed by atoms with Gasteiger partial charge in [-0.15, -0.1) is 0 Å². The van der Waals surface area contributed by atoms with Crippen molar-refractivity contribution in [3.63, 3.8) is 0 Å². The zero-order valence-electron chi connectivity index (χ0n) is 10.4. The number of amides is 1. The molecule has 0 saturated carbocycles. The Morgan fingerprint density at radius 2 is 2.06 bits per heavy atom. The number of aliphatic hydroxyl groups is 1. The summed E-state index contributed by atoms with van der Waals surface area (Å²) in [4.78, 5) is 11.4. The first kappa shape index (κ1) is 15.2. The third-order valence-electron chi connectivity index (χ3n) is 1.84. The lowest BCUT2D eigenvalue weighted by atomic mass is 10.1. The van der Waals surface area contributed by atoms with Crippen LogP contribution in [0.4, 0.5) is 4.79 Å². The normalized spacial score (nSPS) is 13.0. The molecule has 1 amide bonds. The predicted molar refractivity (Wildman–Crippen MR) is 67.9 cm³/mol. The molecule has 0 aliphatic carbocycles. The van der Waals surface area contributed by atoms with E-state index >= 15 is 0 Å². The number of hydrogen-bond donors (Lipinski definition) is 2. The third kappa shape index (κ3) is 7.45. The smallest absolute Gasteiger partial charge is 0.408 e. The molecule has 16 heavy (non-hydrogen) atoms. The van der Waals surface area contributed by atoms with Crippen LogP contribution in [-0.2, 0) is 4.74 Å². The van der Waals surface area contributed by atoms with E-state index in [-0.39, 0.29) is 5.05 Å². The standard InChI is InChI=1S/C11H21NO3S/c1-5-6-7-8(9(13)16)12-10(14)15-11(2,3)4/h8H,5-7H2,1-4H3,(H,12,14)(H,13,16)/t8-/m0/s1. The first-order valence-corrected chi connectivity index (χ1v) is 5.89. The van der Waals surface area contributed by atoms with Crippen molar-refractivity contribution in [3.05, 3.63) is 0 Å². The van der Waals surface area contributed by atoms with Crippen molar-refractivity contribution in [3.8, 4) is 0 Å². The van der Waals surface area contributed by atoms with E-state index in [1.54, 1.807) is 20.8 Å². The summed E-state index contributed by atoms with van der Waals surface area (Å²) in [6.07, 6.45) is 1.95. The number of carbonyl (C=O) groups excluding carboxylic acids is 1. The van der Waals surface area contributed by atoms with Crippen LogP contribution < -0.4 is 5.32 Å². The average Bonchev–Trinajstić information content (AvgIpc) is 2.08. The first-order valence-electron chi connectivity index (χ1n) is 5.48. The Labute approximate surface area is 102 Å². The summed E-state index contributed by atoms with van der Waals surface area (Å²) in [5.41, 5.74) is -0.545. The molecule has 0 aliphatic heterocycles. The molecule has 0 saturated heterocycles. The second-order valence-corrected chi connectivity index (χ2v) is 5.10. The molecule has 0 unspecified atom stereocenters. The lowest BCUT2D eigenvalue weighted by Crippen LogP contribution is -2.42. The number of aliphatic hydroxyl groups excluding tert-OH is 1. The molecule has 0 bridgehead atoms. The van der Waals surface area contributed by atoms with E-state index in [9.17, 15) is 9.90 Å². The summed E-state index contributed by atoms with van der Waals surface area (Å²) < 4.78 is 5.08. The number of thiocarbonyl (C=S) groups is 1. The van der Waals surface area contributed by atoms with Gasteiger partial charge in [0.05, 0.1) is 0 Å². The summed E-state index contributed by atoms with van der Waals surface area (Å²) in [5, 5.41) is 11.6. The van der Waals surface area contributed by atoms with E-state index in [1.165, 1.54) is 0 Å². The Bertz CT molecular complexity index is 248. The van der Waals surface area contributed by atoms with Gasteiger partial charge >= 0.3 is 6.09 Å². The number of hydrogen-bond acceptors (Lipinski definition) is 3. The van der Waals surface area contributed by atoms with E-state index in [4.69, 9.17) is 4.74 Å². The van der Waals surface area contributed by atoms with Gasteiger partial charge in [-0.05, 0) is 39.4 Å². The van der Waals surface area contributed by atoms with E-state index in [1.807, 2.05) is 6.92 Å². The average molecular weight is 247 g/mol. The fraction of sp³-hybridized carbons (Fsp3) is 0.818. The van der Waals surface area contributed by atoms with Gasteiger partial charge in [-0.3, -0.25) is 0 Å². The highest BCUT2D eigenvalue weighted by molar-refractivity contribution is 7.80. The maximum atomic E-state index is 11.4. The van der Waals surface area contributed by atoms with E-state index in [0.717, 1.165) is 12.8 Å². The molecule has 0 fully saturated rings. The van der Waals surface area contributed by atoms with Crippen molar-refractivity contribution in [2.24, 2.45) is 0 Å². The van der Waals surface area contributed by atoms with Crippen molar-refractivity contribution < 1.29 is 14.6 Å². The van der Waals surface area contributed by atoms with Crippen LogP contribution in [0.15, 0.2) is 0 Å². The molecule has 4 nitrogen and oxygen atoms in total. The number of alkyl carbamates (subject to hydrolysis) is 1. The highest BCUT2D eigenvalue weighted by Crippen LogP contribution is 2.08. The summed E-state index contributed by atoms with van der Waals surface area (Å²) in [6.45, 7) is 7.38. The minimum Gasteiger partial charge on any atom is -0.500 e. The summed E-state index contributed by atoms with van der Waals surface area (Å²) in [7, 11) is 0. The van der Waals surface area contributed by atoms with Crippen LogP contribution in [0.2, 0.25) is 0 Å². The minimum atomic E-state index is -0.551. The Kier molecular flexibility index (Phi) is 6.33. The van der Waals surface area contributed by atoms with E-state index < -0.39 is 17.7 Å². The molecule has 0 aromatic heterocycles. The predicted octanol–water partition coefficient (Wildman–Crippen LogP) is 2.96. The van der Waals surface area contributed by atoms with Crippen LogP contribution in [0.5, 0.6) is 0 Å². The highest BCUT2D eigenvalue weighted by Gasteiger charge is 2.21. The zero-order chi connectivity index (χ0) is 12.8. The van der Waals surface area contributed by atoms with Crippen molar-refractivity contribution in [2.45, 2.75) is 58.6 Å². The monoisotopic (exact) mass is 247 g/mol. The molecule has 0 heterocycles. The lowest BCUT2D eigenvalue weighted by molar-refractivity contribution is 0.0513. The Morgan fingerprint density at radius 1 is 1.50 bits per heavy atom. The molecule has 5 heteroatoms. The van der Waals surface area contributed by atoms with Gasteiger partial charge in [-0.1, -0.05) is 19.8 Å². The van der Waals surface area contributed by atoms with Crippen LogP contribution >= 0.6 is 12.2 Å². The summed E-state index contributed by atoms with van der Waals surface area (Å²) in [6, 6.07) is -0.496. The van der Waals surface area contributed by atoms with E-state index in [0.29, 0.717) is 6.42 Å². The molecule has 2 N–H and O–H groups in total. The number of rotatable bonds is 5. The SMILES string of the molecule is CCCC[C@H](NC(=O)OC(C)(C)C)C(O)=S. The van der Waals surface area contributed by atoms with Gasteiger partial charge in [0.15, 0.2) is 5.05 Å². The van der Waals surface area contributed by atoms with Crippen LogP contribution in [0.25, 0.3) is 0 Å². The molecular formula is C11H21NO3S. The maximum Gasteiger partial charge on any atom is 0.408 e. The zero-order valence-corrected chi connectivity index (χ0v) is 11.2. The molecule has 0 aromatic rings. The molecule has 1 atom stereocenters. The highest BCUT2D eigenvalue weighted by atomic mass is 32.1. The number of ether oxygens (including phenoxy) is 1. The first-order chi connectivity index (χ1) is 7.26. The van der Waals surface area contributed by atoms with Gasteiger partial charge in [0.2, 0.25) is 0 Å². The molecule has 0 aliphatic rings. The van der Waals surface area contributed by atoms with Crippen molar-refractivity contribution in [1.29, 1.82) is 0 Å². The second kappa shape index (κ2) is 6.68. The minimum absolute atomic E-state index is 0.195. The molecule has 0 rings (SSSR count). The summed E-state index contributed by atoms with van der Waals surface area (Å²) >= 11 is 4.68. The fourth-order valence-electron chi connectivity index (χ4n) is 1.12. The molecule has 0 aromatic carbocycles. The van der Waals surface area contributed by atoms with Gasteiger partial charge in [0.25, 0.3) is 0 Å². The Hall–Kier alpha value is -0.840. The molecule has 94 valence electrons. The third-order valence-corrected chi connectivity index (χ3v) is 2.12. The van der Waals surface area contributed by atoms with Gasteiger partial charge in [-0.2, -0.15) is 0 Å². The number of unbranched alkanes of at least 4 members (excludes halogenated alkanes) is 1. The Balaban J connectivity index is 4.19. The second-order valence-electron chi connectivity index (χ2n) is 4.68. The molecule has 0 spiro atoms. The van der Waals surface area contributed by atoms with Gasteiger partial charge < -0.3 is 15.2 Å². The summed E-state index contributed by atoms with van der Waals surface area (Å²) in [5.74, 6) is 0. The van der Waals surface area contributed by atoms with Crippen molar-refractivity contribution >= 4 is 23.4 Å². The van der Waals surface area contributed by atoms with Crippen LogP contribution in [0.3, 0.4) is 0 Å². The van der Waals surface area contributed by atoms with Gasteiger partial charge in [0, 0.05) is 0 Å². The van der Waals surface area contributed by atoms with Gasteiger partial charge in [0.1, 0.15) is 11.6 Å². The maximum absolute atomic E-state index is 11.4.